The van der Waals surface area contributed by atoms with Gasteiger partial charge in [-0.3, -0.25) is 0 Å². The molecule has 0 spiro atoms. The molecule has 3 rings (SSSR count). The van der Waals surface area contributed by atoms with Crippen LogP contribution in [-0.2, 0) is 24.7 Å². The van der Waals surface area contributed by atoms with Crippen molar-refractivity contribution in [3.05, 3.63) is 75.2 Å². The monoisotopic (exact) mass is 391 g/mol. The molecule has 3 aromatic rings. The summed E-state index contributed by atoms with van der Waals surface area (Å²) >= 11 is 0. The van der Waals surface area contributed by atoms with E-state index in [0.717, 1.165) is 27.1 Å². The average molecular weight is 391 g/mol. The van der Waals surface area contributed by atoms with E-state index in [4.69, 9.17) is 4.84 Å². The van der Waals surface area contributed by atoms with Gasteiger partial charge in [0.15, 0.2) is 0 Å². The third kappa shape index (κ3) is 4.11. The van der Waals surface area contributed by atoms with E-state index in [2.05, 4.69) is 15.6 Å². The van der Waals surface area contributed by atoms with Crippen molar-refractivity contribution in [3.63, 3.8) is 0 Å². The molecule has 146 valence electrons. The van der Waals surface area contributed by atoms with Crippen LogP contribution in [0.5, 0.6) is 0 Å². The van der Waals surface area contributed by atoms with Crippen molar-refractivity contribution in [1.82, 2.24) is 19.8 Å². The number of tetrazole rings is 1. The number of halogens is 3. The number of hydrogen-bond acceptors (Lipinski definition) is 5. The largest absolute Gasteiger partial charge is 0.416 e. The highest BCUT2D eigenvalue weighted by molar-refractivity contribution is 5.79. The van der Waals surface area contributed by atoms with Gasteiger partial charge in [-0.2, -0.15) is 22.5 Å². The molecule has 0 N–H and O–H groups in total. The van der Waals surface area contributed by atoms with E-state index < -0.39 is 17.4 Å². The van der Waals surface area contributed by atoms with E-state index in [0.29, 0.717) is 11.3 Å². The van der Waals surface area contributed by atoms with Gasteiger partial charge in [0.1, 0.15) is 6.61 Å². The number of aryl methyl sites for hydroxylation is 2. The average Bonchev–Trinajstić information content (AvgIpc) is 2.98. The van der Waals surface area contributed by atoms with Crippen LogP contribution < -0.4 is 5.69 Å². The predicted molar refractivity (Wildman–Crippen MR) is 95.2 cm³/mol. The molecule has 0 atom stereocenters. The summed E-state index contributed by atoms with van der Waals surface area (Å²) in [5, 5.41) is 11.2. The maximum atomic E-state index is 12.7. The van der Waals surface area contributed by atoms with Gasteiger partial charge in [0.2, 0.25) is 0 Å². The second kappa shape index (κ2) is 7.67. The molecule has 0 saturated carbocycles. The summed E-state index contributed by atoms with van der Waals surface area (Å²) in [5.74, 6) is 0. The van der Waals surface area contributed by atoms with Crippen molar-refractivity contribution in [3.8, 4) is 5.69 Å². The standard InChI is InChI=1S/C18H16F3N5O2/c1-12-5-3-8-16(26-17(27)25(2)23-24-26)15(12)11-28-22-10-13-6-4-7-14(9-13)18(19,20)21/h3-10H,11H2,1-2H3/b22-10-. The SMILES string of the molecule is Cc1cccc(-n2nnn(C)c2=O)c1CO/N=C\c1cccc(C(F)(F)F)c1. The number of aromatic nitrogens is 4. The second-order valence-electron chi connectivity index (χ2n) is 6.00. The van der Waals surface area contributed by atoms with Gasteiger partial charge in [-0.1, -0.05) is 29.4 Å². The molecule has 0 aliphatic rings. The molecule has 0 saturated heterocycles. The zero-order valence-electron chi connectivity index (χ0n) is 15.0. The first-order chi connectivity index (χ1) is 13.3. The lowest BCUT2D eigenvalue weighted by Crippen LogP contribution is -2.23. The second-order valence-corrected chi connectivity index (χ2v) is 6.00. The van der Waals surface area contributed by atoms with Gasteiger partial charge >= 0.3 is 11.9 Å². The third-order valence-corrected chi connectivity index (χ3v) is 4.03. The zero-order chi connectivity index (χ0) is 20.3. The van der Waals surface area contributed by atoms with Gasteiger partial charge in [0.25, 0.3) is 0 Å². The smallest absolute Gasteiger partial charge is 0.391 e. The van der Waals surface area contributed by atoms with E-state index >= 15 is 0 Å². The number of alkyl halides is 3. The van der Waals surface area contributed by atoms with Crippen LogP contribution in [0.15, 0.2) is 52.4 Å². The van der Waals surface area contributed by atoms with Crippen molar-refractivity contribution in [2.24, 2.45) is 12.2 Å². The zero-order valence-corrected chi connectivity index (χ0v) is 15.0. The number of nitrogens with zero attached hydrogens (tertiary/aromatic N) is 5. The van der Waals surface area contributed by atoms with Gasteiger partial charge in [-0.25, -0.2) is 4.79 Å². The van der Waals surface area contributed by atoms with Gasteiger partial charge in [-0.15, -0.1) is 0 Å². The molecule has 10 heteroatoms. The fourth-order valence-electron chi connectivity index (χ4n) is 2.53. The molecule has 2 aromatic carbocycles. The Bertz CT molecular complexity index is 1070. The Morgan fingerprint density at radius 3 is 2.61 bits per heavy atom. The maximum Gasteiger partial charge on any atom is 0.416 e. The Morgan fingerprint density at radius 1 is 1.18 bits per heavy atom. The minimum Gasteiger partial charge on any atom is -0.391 e. The van der Waals surface area contributed by atoms with Crippen molar-refractivity contribution in [2.75, 3.05) is 0 Å². The van der Waals surface area contributed by atoms with Gasteiger partial charge in [0, 0.05) is 12.6 Å². The molecule has 0 amide bonds. The third-order valence-electron chi connectivity index (χ3n) is 4.03. The van der Waals surface area contributed by atoms with Crippen LogP contribution in [0.25, 0.3) is 5.69 Å². The number of oxime groups is 1. The molecular weight excluding hydrogens is 375 g/mol. The molecule has 1 heterocycles. The quantitative estimate of drug-likeness (QED) is 0.495. The van der Waals surface area contributed by atoms with E-state index in [1.807, 2.05) is 13.0 Å². The Kier molecular flexibility index (Phi) is 5.30. The Balaban J connectivity index is 1.78. The molecule has 28 heavy (non-hydrogen) atoms. The summed E-state index contributed by atoms with van der Waals surface area (Å²) in [4.78, 5) is 17.4. The van der Waals surface area contributed by atoms with Crippen LogP contribution in [-0.4, -0.2) is 26.0 Å². The summed E-state index contributed by atoms with van der Waals surface area (Å²) < 4.78 is 40.5. The van der Waals surface area contributed by atoms with Crippen LogP contribution in [0.4, 0.5) is 13.2 Å². The first kappa shape index (κ1) is 19.3. The summed E-state index contributed by atoms with van der Waals surface area (Å²) in [5.41, 5.74) is 1.06. The van der Waals surface area contributed by atoms with Gasteiger partial charge in [-0.05, 0) is 46.7 Å². The van der Waals surface area contributed by atoms with Gasteiger partial charge in [0.05, 0.1) is 17.5 Å². The minimum atomic E-state index is -4.43. The summed E-state index contributed by atoms with van der Waals surface area (Å²) in [6, 6.07) is 10.0. The fourth-order valence-corrected chi connectivity index (χ4v) is 2.53. The lowest BCUT2D eigenvalue weighted by atomic mass is 10.1. The number of rotatable bonds is 5. The lowest BCUT2D eigenvalue weighted by molar-refractivity contribution is -0.137. The van der Waals surface area contributed by atoms with Crippen molar-refractivity contribution in [2.45, 2.75) is 19.7 Å². The highest BCUT2D eigenvalue weighted by Crippen LogP contribution is 2.29. The van der Waals surface area contributed by atoms with Crippen LogP contribution >= 0.6 is 0 Å². The Morgan fingerprint density at radius 2 is 1.93 bits per heavy atom. The van der Waals surface area contributed by atoms with Crippen LogP contribution in [0.3, 0.4) is 0 Å². The molecule has 0 fully saturated rings. The fraction of sp³-hybridized carbons (Fsp3) is 0.222. The number of hydrogen-bond donors (Lipinski definition) is 0. The molecule has 1 aromatic heterocycles. The Labute approximate surface area is 157 Å². The molecule has 7 nitrogen and oxygen atoms in total. The van der Waals surface area contributed by atoms with Gasteiger partial charge < -0.3 is 4.84 Å². The number of benzene rings is 2. The molecule has 0 radical (unpaired) electrons. The summed E-state index contributed by atoms with van der Waals surface area (Å²) in [7, 11) is 1.48. The van der Waals surface area contributed by atoms with Crippen molar-refractivity contribution in [1.29, 1.82) is 0 Å². The van der Waals surface area contributed by atoms with Crippen molar-refractivity contribution >= 4 is 6.21 Å². The minimum absolute atomic E-state index is 0.000479. The normalized spacial score (nSPS) is 11.9. The van der Waals surface area contributed by atoms with E-state index in [-0.39, 0.29) is 12.2 Å². The topological polar surface area (TPSA) is 74.3 Å². The molecule has 0 bridgehead atoms. The summed E-state index contributed by atoms with van der Waals surface area (Å²) in [6.07, 6.45) is -3.23. The molecule has 0 unspecified atom stereocenters. The molecular formula is C18H16F3N5O2. The Hall–Kier alpha value is -3.43. The predicted octanol–water partition coefficient (Wildman–Crippen LogP) is 2.84. The van der Waals surface area contributed by atoms with E-state index in [1.165, 1.54) is 25.4 Å². The lowest BCUT2D eigenvalue weighted by Gasteiger charge is -2.10. The first-order valence-corrected chi connectivity index (χ1v) is 8.18. The first-order valence-electron chi connectivity index (χ1n) is 8.18. The van der Waals surface area contributed by atoms with Crippen LogP contribution in [0.2, 0.25) is 0 Å². The summed E-state index contributed by atoms with van der Waals surface area (Å²) in [6.45, 7) is 1.83. The van der Waals surface area contributed by atoms with Crippen molar-refractivity contribution < 1.29 is 18.0 Å². The van der Waals surface area contributed by atoms with E-state index in [9.17, 15) is 18.0 Å². The highest BCUT2D eigenvalue weighted by Gasteiger charge is 2.30. The van der Waals surface area contributed by atoms with E-state index in [1.54, 1.807) is 12.1 Å². The maximum absolute atomic E-state index is 12.7. The molecule has 0 aliphatic carbocycles. The molecule has 0 aliphatic heterocycles. The highest BCUT2D eigenvalue weighted by atomic mass is 19.4. The van der Waals surface area contributed by atoms with Crippen LogP contribution in [0.1, 0.15) is 22.3 Å². The van der Waals surface area contributed by atoms with Crippen LogP contribution in [0, 0.1) is 6.92 Å².